The lowest BCUT2D eigenvalue weighted by molar-refractivity contribution is 0.0493. The van der Waals surface area contributed by atoms with Gasteiger partial charge in [0.2, 0.25) is 5.75 Å². The Balaban J connectivity index is 0.00000961. The maximum Gasteiger partial charge on any atom is 0.407 e. The van der Waals surface area contributed by atoms with Crippen molar-refractivity contribution < 1.29 is 23.7 Å². The average molecular weight is 566 g/mol. The van der Waals surface area contributed by atoms with E-state index in [1.807, 2.05) is 41.5 Å². The molecule has 1 aromatic rings. The van der Waals surface area contributed by atoms with Crippen LogP contribution in [0.4, 0.5) is 10.5 Å². The quantitative estimate of drug-likeness (QED) is 0.233. The number of methoxy groups -OCH3 is 3. The lowest BCUT2D eigenvalue weighted by Crippen LogP contribution is -2.44. The van der Waals surface area contributed by atoms with Gasteiger partial charge in [-0.15, -0.1) is 24.0 Å². The zero-order valence-electron chi connectivity index (χ0n) is 20.6. The first-order chi connectivity index (χ1) is 14.5. The molecule has 32 heavy (non-hydrogen) atoms. The van der Waals surface area contributed by atoms with Crippen molar-refractivity contribution in [1.29, 1.82) is 0 Å². The summed E-state index contributed by atoms with van der Waals surface area (Å²) in [4.78, 5) is 16.8. The van der Waals surface area contributed by atoms with Gasteiger partial charge in [-0.05, 0) is 33.6 Å². The predicted molar refractivity (Wildman–Crippen MR) is 139 cm³/mol. The van der Waals surface area contributed by atoms with Crippen LogP contribution in [0.5, 0.6) is 17.2 Å². The van der Waals surface area contributed by atoms with Gasteiger partial charge >= 0.3 is 6.09 Å². The molecule has 10 heteroatoms. The number of benzene rings is 1. The highest BCUT2D eigenvalue weighted by Gasteiger charge is 2.21. The smallest absolute Gasteiger partial charge is 0.407 e. The van der Waals surface area contributed by atoms with Crippen LogP contribution in [0.15, 0.2) is 17.1 Å². The second kappa shape index (κ2) is 14.1. The Bertz CT molecular complexity index is 725. The summed E-state index contributed by atoms with van der Waals surface area (Å²) < 4.78 is 21.6. The third-order valence-electron chi connectivity index (χ3n) is 4.22. The first kappa shape index (κ1) is 29.9. The van der Waals surface area contributed by atoms with Crippen molar-refractivity contribution in [1.82, 2.24) is 10.6 Å². The monoisotopic (exact) mass is 566 g/mol. The van der Waals surface area contributed by atoms with Crippen molar-refractivity contribution in [3.05, 3.63) is 12.1 Å². The van der Waals surface area contributed by atoms with E-state index in [0.29, 0.717) is 36.3 Å². The zero-order valence-corrected chi connectivity index (χ0v) is 23.0. The number of guanidine groups is 1. The van der Waals surface area contributed by atoms with Crippen LogP contribution in [0.2, 0.25) is 0 Å². The second-order valence-electron chi connectivity index (χ2n) is 8.26. The fraction of sp³-hybridized carbons (Fsp3) is 0.636. The fourth-order valence-electron chi connectivity index (χ4n) is 2.67. The Morgan fingerprint density at radius 2 is 1.62 bits per heavy atom. The molecule has 1 atom stereocenters. The van der Waals surface area contributed by atoms with Crippen molar-refractivity contribution in [2.24, 2.45) is 10.9 Å². The van der Waals surface area contributed by atoms with E-state index in [2.05, 4.69) is 20.9 Å². The lowest BCUT2D eigenvalue weighted by Gasteiger charge is -2.25. The summed E-state index contributed by atoms with van der Waals surface area (Å²) in [6.07, 6.45) is -0.455. The van der Waals surface area contributed by atoms with Crippen LogP contribution in [0.25, 0.3) is 0 Å². The summed E-state index contributed by atoms with van der Waals surface area (Å²) >= 11 is 0. The number of carbonyl (C=O) groups is 1. The standard InChI is InChI=1S/C22H38N4O5.HI/c1-10-23-20(24-13-16(14(2)3)26-21(27)31-22(4,5)6)25-15-11-17(28-7)19(30-9)18(12-15)29-8;/h11-12,14,16H,10,13H2,1-9H3,(H,26,27)(H2,23,24,25);1H. The van der Waals surface area contributed by atoms with Crippen LogP contribution in [0.1, 0.15) is 41.5 Å². The molecule has 0 fully saturated rings. The molecule has 184 valence electrons. The first-order valence-corrected chi connectivity index (χ1v) is 10.4. The van der Waals surface area contributed by atoms with Crippen molar-refractivity contribution >= 4 is 41.7 Å². The number of anilines is 1. The second-order valence-corrected chi connectivity index (χ2v) is 8.26. The van der Waals surface area contributed by atoms with Crippen molar-refractivity contribution in [2.45, 2.75) is 53.2 Å². The van der Waals surface area contributed by atoms with E-state index in [1.165, 1.54) is 0 Å². The van der Waals surface area contributed by atoms with Crippen LogP contribution >= 0.6 is 24.0 Å². The highest BCUT2D eigenvalue weighted by atomic mass is 127. The lowest BCUT2D eigenvalue weighted by atomic mass is 10.1. The van der Waals surface area contributed by atoms with Gasteiger partial charge in [0.25, 0.3) is 0 Å². The Hall–Kier alpha value is -2.11. The van der Waals surface area contributed by atoms with Crippen molar-refractivity contribution in [3.8, 4) is 17.2 Å². The number of amides is 1. The van der Waals surface area contributed by atoms with Gasteiger partial charge in [-0.25, -0.2) is 4.79 Å². The zero-order chi connectivity index (χ0) is 23.6. The van der Waals surface area contributed by atoms with Crippen molar-refractivity contribution in [3.63, 3.8) is 0 Å². The normalized spacial score (nSPS) is 12.4. The molecule has 0 aromatic heterocycles. The number of rotatable bonds is 9. The molecule has 1 unspecified atom stereocenters. The average Bonchev–Trinajstić information content (AvgIpc) is 2.68. The number of nitrogens with zero attached hydrogens (tertiary/aromatic N) is 1. The van der Waals surface area contributed by atoms with Gasteiger partial charge in [0.1, 0.15) is 5.60 Å². The van der Waals surface area contributed by atoms with E-state index in [-0.39, 0.29) is 35.9 Å². The molecule has 9 nitrogen and oxygen atoms in total. The Kier molecular flexibility index (Phi) is 13.2. The summed E-state index contributed by atoms with van der Waals surface area (Å²) in [6, 6.07) is 3.41. The van der Waals surface area contributed by atoms with E-state index in [9.17, 15) is 4.79 Å². The summed E-state index contributed by atoms with van der Waals surface area (Å²) in [5, 5.41) is 9.35. The first-order valence-electron chi connectivity index (χ1n) is 10.4. The summed E-state index contributed by atoms with van der Waals surface area (Å²) in [7, 11) is 4.69. The highest BCUT2D eigenvalue weighted by molar-refractivity contribution is 14.0. The summed E-state index contributed by atoms with van der Waals surface area (Å²) in [5.74, 6) is 2.31. The molecule has 0 heterocycles. The van der Waals surface area contributed by atoms with Gasteiger partial charge in [-0.1, -0.05) is 13.8 Å². The number of hydrogen-bond acceptors (Lipinski definition) is 6. The maximum absolute atomic E-state index is 12.2. The molecular weight excluding hydrogens is 527 g/mol. The maximum atomic E-state index is 12.2. The number of ether oxygens (including phenoxy) is 4. The van der Waals surface area contributed by atoms with Crippen molar-refractivity contribution in [2.75, 3.05) is 39.7 Å². The minimum absolute atomic E-state index is 0. The molecule has 1 rings (SSSR count). The molecular formula is C22H39IN4O5. The van der Waals surface area contributed by atoms with Crippen LogP contribution < -0.4 is 30.2 Å². The third-order valence-corrected chi connectivity index (χ3v) is 4.22. The molecule has 0 spiro atoms. The van der Waals surface area contributed by atoms with Crippen LogP contribution in [0.3, 0.4) is 0 Å². The molecule has 1 aromatic carbocycles. The Morgan fingerprint density at radius 1 is 1.06 bits per heavy atom. The highest BCUT2D eigenvalue weighted by Crippen LogP contribution is 2.39. The number of halogens is 1. The molecule has 0 aliphatic rings. The Labute approximate surface area is 209 Å². The van der Waals surface area contributed by atoms with E-state index >= 15 is 0 Å². The van der Waals surface area contributed by atoms with E-state index < -0.39 is 11.7 Å². The largest absolute Gasteiger partial charge is 0.493 e. The fourth-order valence-corrected chi connectivity index (χ4v) is 2.67. The molecule has 0 bridgehead atoms. The van der Waals surface area contributed by atoms with E-state index in [0.717, 1.165) is 5.69 Å². The number of hydrogen-bond donors (Lipinski definition) is 3. The molecule has 0 aliphatic heterocycles. The minimum Gasteiger partial charge on any atom is -0.493 e. The molecule has 0 saturated carbocycles. The predicted octanol–water partition coefficient (Wildman–Crippen LogP) is 4.26. The number of alkyl carbamates (subject to hydrolysis) is 1. The molecule has 0 radical (unpaired) electrons. The van der Waals surface area contributed by atoms with Gasteiger partial charge in [0.05, 0.1) is 33.9 Å². The van der Waals surface area contributed by atoms with Crippen LogP contribution in [-0.2, 0) is 4.74 Å². The van der Waals surface area contributed by atoms with Crippen LogP contribution in [0, 0.1) is 5.92 Å². The van der Waals surface area contributed by atoms with E-state index in [4.69, 9.17) is 18.9 Å². The van der Waals surface area contributed by atoms with Gasteiger partial charge < -0.3 is 34.9 Å². The molecule has 1 amide bonds. The number of nitrogens with one attached hydrogen (secondary N) is 3. The number of carbonyl (C=O) groups excluding carboxylic acids is 1. The summed E-state index contributed by atoms with van der Waals surface area (Å²) in [5.41, 5.74) is 0.160. The molecule has 0 saturated heterocycles. The molecule has 0 aliphatic carbocycles. The molecule has 3 N–H and O–H groups in total. The number of aliphatic imine (C=N–C) groups is 1. The van der Waals surface area contributed by atoms with Gasteiger partial charge in [-0.2, -0.15) is 0 Å². The summed E-state index contributed by atoms with van der Waals surface area (Å²) in [6.45, 7) is 12.6. The SMILES string of the molecule is CCNC(=NCC(NC(=O)OC(C)(C)C)C(C)C)Nc1cc(OC)c(OC)c(OC)c1.I. The Morgan fingerprint density at radius 3 is 2.03 bits per heavy atom. The van der Waals surface area contributed by atoms with Gasteiger partial charge in [0.15, 0.2) is 17.5 Å². The van der Waals surface area contributed by atoms with Gasteiger partial charge in [0, 0.05) is 24.4 Å². The topological polar surface area (TPSA) is 102 Å². The van der Waals surface area contributed by atoms with Crippen LogP contribution in [-0.4, -0.2) is 58.1 Å². The van der Waals surface area contributed by atoms with E-state index in [1.54, 1.807) is 33.5 Å². The third kappa shape index (κ3) is 10.0. The van der Waals surface area contributed by atoms with Gasteiger partial charge in [-0.3, -0.25) is 4.99 Å². The minimum atomic E-state index is -0.558.